The summed E-state index contributed by atoms with van der Waals surface area (Å²) in [4.78, 5) is 13.4. The number of aliphatic hydroxyl groups is 1. The molecule has 0 saturated heterocycles. The van der Waals surface area contributed by atoms with Crippen molar-refractivity contribution in [2.45, 2.75) is 70.8 Å². The number of hydrogen-bond acceptors (Lipinski definition) is 3. The third kappa shape index (κ3) is 4.07. The lowest BCUT2D eigenvalue weighted by Gasteiger charge is -2.29. The summed E-state index contributed by atoms with van der Waals surface area (Å²) in [6.07, 6.45) is 4.23. The van der Waals surface area contributed by atoms with Gasteiger partial charge in [-0.3, -0.25) is 4.79 Å². The van der Waals surface area contributed by atoms with Gasteiger partial charge >= 0.3 is 5.97 Å². The van der Waals surface area contributed by atoms with E-state index in [0.717, 1.165) is 30.6 Å². The largest absolute Gasteiger partial charge is 0.481 e. The zero-order valence-corrected chi connectivity index (χ0v) is 14.0. The molecule has 2 rings (SSSR count). The van der Waals surface area contributed by atoms with Gasteiger partial charge in [-0.2, -0.15) is 0 Å². The van der Waals surface area contributed by atoms with Crippen LogP contribution in [0, 0.1) is 5.41 Å². The minimum atomic E-state index is -0.745. The minimum Gasteiger partial charge on any atom is -0.481 e. The number of carbonyl (C=O) groups is 1. The van der Waals surface area contributed by atoms with Crippen LogP contribution >= 0.6 is 11.3 Å². The van der Waals surface area contributed by atoms with Crippen LogP contribution in [-0.2, 0) is 10.2 Å². The van der Waals surface area contributed by atoms with Crippen LogP contribution in [0.1, 0.15) is 75.2 Å². The maximum Gasteiger partial charge on any atom is 0.303 e. The second-order valence-corrected chi connectivity index (χ2v) is 8.56. The predicted molar refractivity (Wildman–Crippen MR) is 85.7 cm³/mol. The molecule has 2 N–H and O–H groups in total. The molecule has 1 aliphatic rings. The number of thiophene rings is 1. The van der Waals surface area contributed by atoms with E-state index in [0.29, 0.717) is 6.42 Å². The standard InChI is InChI=1S/C17H26O3S/c1-16(2,3)14-7-6-13(21-14)12(18)10-17(11-15(19)20)8-4-5-9-17/h6-7,12,18H,4-5,8-11H2,1-3H3,(H,19,20). The molecule has 21 heavy (non-hydrogen) atoms. The van der Waals surface area contributed by atoms with Crippen LogP contribution in [0.2, 0.25) is 0 Å². The van der Waals surface area contributed by atoms with Crippen molar-refractivity contribution < 1.29 is 15.0 Å². The van der Waals surface area contributed by atoms with Crippen molar-refractivity contribution in [3.05, 3.63) is 21.9 Å². The fraction of sp³-hybridized carbons (Fsp3) is 0.706. The summed E-state index contributed by atoms with van der Waals surface area (Å²) in [5.74, 6) is -0.745. The zero-order valence-electron chi connectivity index (χ0n) is 13.2. The Hall–Kier alpha value is -0.870. The van der Waals surface area contributed by atoms with Crippen molar-refractivity contribution in [1.82, 2.24) is 0 Å². The Balaban J connectivity index is 2.10. The maximum absolute atomic E-state index is 11.1. The molecule has 118 valence electrons. The van der Waals surface area contributed by atoms with Crippen molar-refractivity contribution >= 4 is 17.3 Å². The molecule has 0 bridgehead atoms. The van der Waals surface area contributed by atoms with E-state index in [4.69, 9.17) is 5.11 Å². The number of rotatable bonds is 5. The number of aliphatic hydroxyl groups excluding tert-OH is 1. The highest BCUT2D eigenvalue weighted by Crippen LogP contribution is 2.48. The molecule has 3 nitrogen and oxygen atoms in total. The van der Waals surface area contributed by atoms with Gasteiger partial charge < -0.3 is 10.2 Å². The first-order chi connectivity index (χ1) is 9.72. The van der Waals surface area contributed by atoms with Gasteiger partial charge in [0.15, 0.2) is 0 Å². The molecule has 0 aliphatic heterocycles. The molecule has 0 aromatic carbocycles. The van der Waals surface area contributed by atoms with Crippen LogP contribution in [0.15, 0.2) is 12.1 Å². The van der Waals surface area contributed by atoms with Crippen molar-refractivity contribution in [3.8, 4) is 0 Å². The molecule has 1 heterocycles. The molecular formula is C17H26O3S. The molecule has 1 atom stereocenters. The minimum absolute atomic E-state index is 0.0920. The molecule has 0 amide bonds. The fourth-order valence-electron chi connectivity index (χ4n) is 3.34. The summed E-state index contributed by atoms with van der Waals surface area (Å²) in [6, 6.07) is 4.08. The first kappa shape index (κ1) is 16.5. The van der Waals surface area contributed by atoms with E-state index in [1.54, 1.807) is 11.3 Å². The number of hydrogen-bond donors (Lipinski definition) is 2. The Morgan fingerprint density at radius 2 is 1.95 bits per heavy atom. The predicted octanol–water partition coefficient (Wildman–Crippen LogP) is 4.50. The normalized spacial score (nSPS) is 19.6. The molecule has 1 saturated carbocycles. The molecular weight excluding hydrogens is 284 g/mol. The van der Waals surface area contributed by atoms with E-state index in [1.165, 1.54) is 4.88 Å². The van der Waals surface area contributed by atoms with E-state index >= 15 is 0 Å². The lowest BCUT2D eigenvalue weighted by molar-refractivity contribution is -0.140. The quantitative estimate of drug-likeness (QED) is 0.841. The van der Waals surface area contributed by atoms with E-state index in [1.807, 2.05) is 6.07 Å². The number of carboxylic acids is 1. The summed E-state index contributed by atoms with van der Waals surface area (Å²) in [5, 5.41) is 19.7. The maximum atomic E-state index is 11.1. The van der Waals surface area contributed by atoms with Gasteiger partial charge in [0.05, 0.1) is 12.5 Å². The monoisotopic (exact) mass is 310 g/mol. The van der Waals surface area contributed by atoms with Gasteiger partial charge in [0.25, 0.3) is 0 Å². The van der Waals surface area contributed by atoms with Gasteiger partial charge in [0.2, 0.25) is 0 Å². The third-order valence-corrected chi connectivity index (χ3v) is 6.12. The van der Waals surface area contributed by atoms with Crippen LogP contribution in [0.3, 0.4) is 0 Å². The highest BCUT2D eigenvalue weighted by molar-refractivity contribution is 7.12. The van der Waals surface area contributed by atoms with Gasteiger partial charge in [-0.05, 0) is 42.2 Å². The van der Waals surface area contributed by atoms with E-state index in [2.05, 4.69) is 26.8 Å². The van der Waals surface area contributed by atoms with E-state index in [-0.39, 0.29) is 17.3 Å². The molecule has 1 unspecified atom stereocenters. The topological polar surface area (TPSA) is 57.5 Å². The Kier molecular flexibility index (Phi) is 4.79. The number of aliphatic carboxylic acids is 1. The fourth-order valence-corrected chi connectivity index (χ4v) is 4.40. The van der Waals surface area contributed by atoms with Gasteiger partial charge in [-0.25, -0.2) is 0 Å². The second kappa shape index (κ2) is 6.09. The van der Waals surface area contributed by atoms with Crippen LogP contribution in [0.4, 0.5) is 0 Å². The summed E-state index contributed by atoms with van der Waals surface area (Å²) < 4.78 is 0. The molecule has 1 aromatic rings. The van der Waals surface area contributed by atoms with Gasteiger partial charge in [0.1, 0.15) is 0 Å². The Bertz CT molecular complexity index is 492. The molecule has 4 heteroatoms. The Morgan fingerprint density at radius 1 is 1.33 bits per heavy atom. The second-order valence-electron chi connectivity index (χ2n) is 7.45. The highest BCUT2D eigenvalue weighted by atomic mass is 32.1. The van der Waals surface area contributed by atoms with Crippen molar-refractivity contribution in [2.75, 3.05) is 0 Å². The van der Waals surface area contributed by atoms with Crippen LogP contribution in [0.25, 0.3) is 0 Å². The van der Waals surface area contributed by atoms with Gasteiger partial charge in [-0.15, -0.1) is 11.3 Å². The molecule has 0 radical (unpaired) electrons. The summed E-state index contributed by atoms with van der Waals surface area (Å²) >= 11 is 1.65. The van der Waals surface area contributed by atoms with E-state index < -0.39 is 12.1 Å². The van der Waals surface area contributed by atoms with Crippen LogP contribution in [0.5, 0.6) is 0 Å². The molecule has 1 aliphatic carbocycles. The van der Waals surface area contributed by atoms with Crippen LogP contribution in [-0.4, -0.2) is 16.2 Å². The van der Waals surface area contributed by atoms with Crippen LogP contribution < -0.4 is 0 Å². The Morgan fingerprint density at radius 3 is 2.43 bits per heavy atom. The molecule has 1 aromatic heterocycles. The highest BCUT2D eigenvalue weighted by Gasteiger charge is 2.38. The zero-order chi connectivity index (χ0) is 15.7. The SMILES string of the molecule is CC(C)(C)c1ccc(C(O)CC2(CC(=O)O)CCCC2)s1. The first-order valence-electron chi connectivity index (χ1n) is 7.72. The average Bonchev–Trinajstić information content (AvgIpc) is 2.95. The first-order valence-corrected chi connectivity index (χ1v) is 8.54. The van der Waals surface area contributed by atoms with Crippen molar-refractivity contribution in [1.29, 1.82) is 0 Å². The molecule has 0 spiro atoms. The van der Waals surface area contributed by atoms with E-state index in [9.17, 15) is 9.90 Å². The lowest BCUT2D eigenvalue weighted by Crippen LogP contribution is -2.23. The summed E-state index contributed by atoms with van der Waals surface area (Å²) in [7, 11) is 0. The number of carboxylic acid groups (broad SMARTS) is 1. The summed E-state index contributed by atoms with van der Waals surface area (Å²) in [6.45, 7) is 6.49. The van der Waals surface area contributed by atoms with Crippen molar-refractivity contribution in [2.24, 2.45) is 5.41 Å². The third-order valence-electron chi connectivity index (χ3n) is 4.51. The Labute approximate surface area is 131 Å². The van der Waals surface area contributed by atoms with Gasteiger partial charge in [-0.1, -0.05) is 33.6 Å². The average molecular weight is 310 g/mol. The summed E-state index contributed by atoms with van der Waals surface area (Å²) in [5.41, 5.74) is -0.119. The molecule has 1 fully saturated rings. The van der Waals surface area contributed by atoms with Gasteiger partial charge in [0, 0.05) is 9.75 Å². The van der Waals surface area contributed by atoms with Crippen molar-refractivity contribution in [3.63, 3.8) is 0 Å². The smallest absolute Gasteiger partial charge is 0.303 e. The lowest BCUT2D eigenvalue weighted by atomic mass is 9.77.